The van der Waals surface area contributed by atoms with E-state index in [1.165, 1.54) is 23.2 Å². The van der Waals surface area contributed by atoms with Crippen molar-refractivity contribution in [3.63, 3.8) is 0 Å². The second kappa shape index (κ2) is 3.53. The van der Waals surface area contributed by atoms with Crippen LogP contribution in [-0.2, 0) is 4.79 Å². The van der Waals surface area contributed by atoms with Crippen molar-refractivity contribution in [1.29, 1.82) is 0 Å². The number of anilines is 2. The van der Waals surface area contributed by atoms with Gasteiger partial charge in [0, 0.05) is 18.8 Å². The number of aromatic nitrogens is 1. The number of nitrogens with two attached hydrogens (primary N) is 1. The van der Waals surface area contributed by atoms with Crippen molar-refractivity contribution in [3.8, 4) is 0 Å². The number of nitrogens with zero attached hydrogens (tertiary/aromatic N) is 2. The number of hydrogen-bond acceptors (Lipinski definition) is 4. The predicted octanol–water partition coefficient (Wildman–Crippen LogP) is 0.912. The standard InChI is InChI=1S/C7H10N3OS/c1-3-10(5(2)11)6-4-12-7(8)9-6/h4H,1,3H2,2H3,(H2,8,9). The first-order chi connectivity index (χ1) is 5.65. The first-order valence-corrected chi connectivity index (χ1v) is 4.31. The molecule has 0 saturated carbocycles. The third-order valence-electron chi connectivity index (χ3n) is 1.39. The van der Waals surface area contributed by atoms with Crippen molar-refractivity contribution in [1.82, 2.24) is 4.98 Å². The van der Waals surface area contributed by atoms with E-state index in [1.807, 2.05) is 0 Å². The van der Waals surface area contributed by atoms with Crippen LogP contribution in [0.25, 0.3) is 0 Å². The third kappa shape index (κ3) is 1.73. The second-order valence-corrected chi connectivity index (χ2v) is 3.10. The molecular weight excluding hydrogens is 174 g/mol. The fourth-order valence-corrected chi connectivity index (χ4v) is 1.39. The molecule has 1 aromatic rings. The molecule has 0 bridgehead atoms. The average molecular weight is 184 g/mol. The minimum atomic E-state index is -0.0738. The van der Waals surface area contributed by atoms with Gasteiger partial charge in [-0.1, -0.05) is 0 Å². The summed E-state index contributed by atoms with van der Waals surface area (Å²) in [5.74, 6) is 0.510. The second-order valence-electron chi connectivity index (χ2n) is 2.21. The molecule has 2 N–H and O–H groups in total. The van der Waals surface area contributed by atoms with Crippen LogP contribution < -0.4 is 10.6 Å². The quantitative estimate of drug-likeness (QED) is 0.743. The first-order valence-electron chi connectivity index (χ1n) is 3.43. The Hall–Kier alpha value is -1.10. The highest BCUT2D eigenvalue weighted by molar-refractivity contribution is 7.13. The number of carbonyl (C=O) groups excluding carboxylic acids is 1. The highest BCUT2D eigenvalue weighted by atomic mass is 32.1. The molecule has 0 fully saturated rings. The lowest BCUT2D eigenvalue weighted by molar-refractivity contribution is -0.116. The summed E-state index contributed by atoms with van der Waals surface area (Å²) in [6, 6.07) is 0. The van der Waals surface area contributed by atoms with Crippen LogP contribution in [0.5, 0.6) is 0 Å². The van der Waals surface area contributed by atoms with Crippen molar-refractivity contribution in [2.45, 2.75) is 6.92 Å². The van der Waals surface area contributed by atoms with Crippen LogP contribution in [0.1, 0.15) is 6.92 Å². The van der Waals surface area contributed by atoms with Gasteiger partial charge in [0.15, 0.2) is 5.13 Å². The largest absolute Gasteiger partial charge is 0.375 e. The van der Waals surface area contributed by atoms with E-state index in [0.717, 1.165) is 0 Å². The molecule has 0 aliphatic carbocycles. The van der Waals surface area contributed by atoms with E-state index >= 15 is 0 Å². The Kier molecular flexibility index (Phi) is 2.65. The smallest absolute Gasteiger partial charge is 0.225 e. The Balaban J connectivity index is 2.87. The summed E-state index contributed by atoms with van der Waals surface area (Å²) in [4.78, 5) is 16.4. The lowest BCUT2D eigenvalue weighted by Crippen LogP contribution is -2.28. The number of amides is 1. The zero-order valence-corrected chi connectivity index (χ0v) is 7.60. The van der Waals surface area contributed by atoms with E-state index in [-0.39, 0.29) is 5.91 Å². The van der Waals surface area contributed by atoms with Gasteiger partial charge >= 0.3 is 0 Å². The molecule has 0 saturated heterocycles. The lowest BCUT2D eigenvalue weighted by atomic mass is 10.5. The van der Waals surface area contributed by atoms with E-state index in [4.69, 9.17) is 5.73 Å². The van der Waals surface area contributed by atoms with Gasteiger partial charge in [-0.25, -0.2) is 4.98 Å². The maximum atomic E-state index is 11.0. The normalized spacial score (nSPS) is 9.83. The topological polar surface area (TPSA) is 59.2 Å². The van der Waals surface area contributed by atoms with Gasteiger partial charge in [-0.2, -0.15) is 0 Å². The van der Waals surface area contributed by atoms with Crippen molar-refractivity contribution in [3.05, 3.63) is 12.3 Å². The molecule has 0 unspecified atom stereocenters. The molecule has 0 aliphatic heterocycles. The van der Waals surface area contributed by atoms with Crippen molar-refractivity contribution in [2.75, 3.05) is 17.2 Å². The molecule has 5 heteroatoms. The summed E-state index contributed by atoms with van der Waals surface area (Å²) in [6.45, 7) is 5.47. The lowest BCUT2D eigenvalue weighted by Gasteiger charge is -2.14. The molecule has 0 atom stereocenters. The van der Waals surface area contributed by atoms with Gasteiger partial charge in [0.2, 0.25) is 5.91 Å². The third-order valence-corrected chi connectivity index (χ3v) is 2.05. The molecule has 1 rings (SSSR count). The predicted molar refractivity (Wildman–Crippen MR) is 49.9 cm³/mol. The van der Waals surface area contributed by atoms with Gasteiger partial charge in [0.05, 0.1) is 0 Å². The maximum absolute atomic E-state index is 11.0. The monoisotopic (exact) mass is 184 g/mol. The van der Waals surface area contributed by atoms with Gasteiger partial charge in [-0.15, -0.1) is 11.3 Å². The molecule has 0 aromatic carbocycles. The number of carbonyl (C=O) groups is 1. The number of hydrogen-bond donors (Lipinski definition) is 1. The fraction of sp³-hybridized carbons (Fsp3) is 0.286. The zero-order valence-electron chi connectivity index (χ0n) is 6.78. The Morgan fingerprint density at radius 2 is 2.58 bits per heavy atom. The van der Waals surface area contributed by atoms with Gasteiger partial charge in [-0.3, -0.25) is 9.69 Å². The molecule has 1 amide bonds. The van der Waals surface area contributed by atoms with Crippen molar-refractivity contribution in [2.24, 2.45) is 0 Å². The Bertz CT molecular complexity index is 284. The van der Waals surface area contributed by atoms with Crippen LogP contribution in [-0.4, -0.2) is 17.4 Å². The summed E-state index contributed by atoms with van der Waals surface area (Å²) in [5.41, 5.74) is 5.42. The Morgan fingerprint density at radius 3 is 2.92 bits per heavy atom. The van der Waals surface area contributed by atoms with Crippen LogP contribution in [0.2, 0.25) is 0 Å². The minimum Gasteiger partial charge on any atom is -0.375 e. The molecule has 12 heavy (non-hydrogen) atoms. The van der Waals surface area contributed by atoms with Crippen LogP contribution >= 0.6 is 11.3 Å². The van der Waals surface area contributed by atoms with E-state index in [0.29, 0.717) is 17.5 Å². The molecule has 1 aromatic heterocycles. The van der Waals surface area contributed by atoms with E-state index in [1.54, 1.807) is 5.38 Å². The van der Waals surface area contributed by atoms with Crippen LogP contribution in [0.15, 0.2) is 5.38 Å². The average Bonchev–Trinajstić information content (AvgIpc) is 2.37. The number of rotatable bonds is 2. The molecule has 0 aliphatic rings. The van der Waals surface area contributed by atoms with E-state index < -0.39 is 0 Å². The molecule has 1 heterocycles. The van der Waals surface area contributed by atoms with Crippen molar-refractivity contribution >= 4 is 28.2 Å². The molecule has 65 valence electrons. The fourth-order valence-electron chi connectivity index (χ4n) is 0.836. The Morgan fingerprint density at radius 1 is 1.92 bits per heavy atom. The molecule has 4 nitrogen and oxygen atoms in total. The molecular formula is C7H10N3OS. The summed E-state index contributed by atoms with van der Waals surface area (Å²) in [5, 5.41) is 2.20. The van der Waals surface area contributed by atoms with E-state index in [9.17, 15) is 4.79 Å². The zero-order chi connectivity index (χ0) is 9.14. The van der Waals surface area contributed by atoms with Crippen molar-refractivity contribution < 1.29 is 4.79 Å². The summed E-state index contributed by atoms with van der Waals surface area (Å²) >= 11 is 1.31. The molecule has 1 radical (unpaired) electrons. The van der Waals surface area contributed by atoms with E-state index in [2.05, 4.69) is 11.9 Å². The first kappa shape index (κ1) is 8.99. The maximum Gasteiger partial charge on any atom is 0.225 e. The van der Waals surface area contributed by atoms with Crippen LogP contribution in [0, 0.1) is 6.92 Å². The summed E-state index contributed by atoms with van der Waals surface area (Å²) in [6.07, 6.45) is 0. The number of thiazole rings is 1. The van der Waals surface area contributed by atoms with Gasteiger partial charge in [-0.05, 0) is 6.92 Å². The molecule has 0 spiro atoms. The van der Waals surface area contributed by atoms with Crippen LogP contribution in [0.3, 0.4) is 0 Å². The van der Waals surface area contributed by atoms with Crippen LogP contribution in [0.4, 0.5) is 10.9 Å². The van der Waals surface area contributed by atoms with Gasteiger partial charge in [0.1, 0.15) is 5.82 Å². The number of nitrogen functional groups attached to an aromatic ring is 1. The highest BCUT2D eigenvalue weighted by Gasteiger charge is 2.11. The minimum absolute atomic E-state index is 0.0738. The Labute approximate surface area is 75.0 Å². The summed E-state index contributed by atoms with van der Waals surface area (Å²) in [7, 11) is 0. The highest BCUT2D eigenvalue weighted by Crippen LogP contribution is 2.19. The summed E-state index contributed by atoms with van der Waals surface area (Å²) < 4.78 is 0. The van der Waals surface area contributed by atoms with Gasteiger partial charge < -0.3 is 5.73 Å². The van der Waals surface area contributed by atoms with Gasteiger partial charge in [0.25, 0.3) is 0 Å². The SMILES string of the molecule is [CH2]CN(C(C)=O)c1csc(N)n1.